The number of carbonyl (C=O) groups excluding carboxylic acids is 3. The summed E-state index contributed by atoms with van der Waals surface area (Å²) in [5.74, 6) is -0.521. The van der Waals surface area contributed by atoms with Gasteiger partial charge in [-0.15, -0.1) is 0 Å². The van der Waals surface area contributed by atoms with Crippen LogP contribution in [0.25, 0.3) is 0 Å². The zero-order valence-corrected chi connectivity index (χ0v) is 14.6. The van der Waals surface area contributed by atoms with Crippen molar-refractivity contribution < 1.29 is 19.1 Å². The van der Waals surface area contributed by atoms with Gasteiger partial charge in [0.1, 0.15) is 6.04 Å². The molecular formula is C16H24N2O4S. The van der Waals surface area contributed by atoms with E-state index in [1.54, 1.807) is 11.4 Å². The lowest BCUT2D eigenvalue weighted by Crippen LogP contribution is -2.42. The van der Waals surface area contributed by atoms with Crippen LogP contribution >= 0.6 is 11.3 Å². The van der Waals surface area contributed by atoms with Crippen molar-refractivity contribution in [1.82, 2.24) is 10.6 Å². The summed E-state index contributed by atoms with van der Waals surface area (Å²) in [5.41, 5.74) is 0.627. The quantitative estimate of drug-likeness (QED) is 0.532. The Morgan fingerprint density at radius 1 is 1.30 bits per heavy atom. The number of methoxy groups -OCH3 is 1. The Morgan fingerprint density at radius 2 is 2.04 bits per heavy atom. The second kappa shape index (κ2) is 9.99. The van der Waals surface area contributed by atoms with Crippen LogP contribution in [-0.2, 0) is 14.3 Å². The molecule has 0 aliphatic rings. The Hall–Kier alpha value is -1.89. The van der Waals surface area contributed by atoms with Gasteiger partial charge in [0.2, 0.25) is 5.91 Å². The molecule has 1 atom stereocenters. The van der Waals surface area contributed by atoms with Crippen LogP contribution in [0.15, 0.2) is 16.8 Å². The molecule has 128 valence electrons. The molecule has 7 heteroatoms. The topological polar surface area (TPSA) is 84.5 Å². The van der Waals surface area contributed by atoms with Gasteiger partial charge in [0.25, 0.3) is 5.91 Å². The van der Waals surface area contributed by atoms with Gasteiger partial charge in [0.05, 0.1) is 7.11 Å². The Balaban J connectivity index is 2.29. The van der Waals surface area contributed by atoms with Gasteiger partial charge in [-0.25, -0.2) is 4.79 Å². The van der Waals surface area contributed by atoms with E-state index in [4.69, 9.17) is 4.74 Å². The lowest BCUT2D eigenvalue weighted by atomic mass is 10.0. The molecule has 2 amide bonds. The Bertz CT molecular complexity index is 514. The molecule has 0 aliphatic carbocycles. The monoisotopic (exact) mass is 340 g/mol. The number of ether oxygens (including phenoxy) is 1. The molecule has 0 saturated heterocycles. The van der Waals surface area contributed by atoms with Crippen LogP contribution in [0.4, 0.5) is 0 Å². The molecule has 1 aromatic heterocycles. The van der Waals surface area contributed by atoms with E-state index in [-0.39, 0.29) is 24.2 Å². The Morgan fingerprint density at radius 3 is 2.61 bits per heavy atom. The first-order valence-corrected chi connectivity index (χ1v) is 8.56. The fraction of sp³-hybridized carbons (Fsp3) is 0.562. The zero-order chi connectivity index (χ0) is 17.2. The van der Waals surface area contributed by atoms with E-state index in [0.29, 0.717) is 24.9 Å². The van der Waals surface area contributed by atoms with E-state index in [1.165, 1.54) is 18.4 Å². The van der Waals surface area contributed by atoms with Gasteiger partial charge in [-0.05, 0) is 30.2 Å². The zero-order valence-electron chi connectivity index (χ0n) is 13.8. The summed E-state index contributed by atoms with van der Waals surface area (Å²) in [6.07, 6.45) is 1.29. The van der Waals surface area contributed by atoms with Crippen molar-refractivity contribution in [1.29, 1.82) is 0 Å². The number of hydrogen-bond acceptors (Lipinski definition) is 5. The van der Waals surface area contributed by atoms with Gasteiger partial charge in [-0.3, -0.25) is 9.59 Å². The molecule has 0 bridgehead atoms. The fourth-order valence-corrected chi connectivity index (χ4v) is 2.68. The van der Waals surface area contributed by atoms with Crippen LogP contribution in [0.5, 0.6) is 0 Å². The molecule has 1 unspecified atom stereocenters. The van der Waals surface area contributed by atoms with Crippen LogP contribution in [0.2, 0.25) is 0 Å². The molecule has 2 N–H and O–H groups in total. The molecule has 0 saturated carbocycles. The summed E-state index contributed by atoms with van der Waals surface area (Å²) >= 11 is 1.46. The number of rotatable bonds is 9. The second-order valence-corrected chi connectivity index (χ2v) is 6.42. The number of thiophene rings is 1. The maximum absolute atomic E-state index is 11.9. The van der Waals surface area contributed by atoms with Gasteiger partial charge in [0.15, 0.2) is 0 Å². The normalized spacial score (nSPS) is 11.8. The molecule has 0 spiro atoms. The van der Waals surface area contributed by atoms with Crippen molar-refractivity contribution >= 4 is 29.1 Å². The number of esters is 1. The first kappa shape index (κ1) is 19.2. The summed E-state index contributed by atoms with van der Waals surface area (Å²) in [6.45, 7) is 4.36. The van der Waals surface area contributed by atoms with E-state index >= 15 is 0 Å². The first-order valence-electron chi connectivity index (χ1n) is 7.61. The Kier molecular flexibility index (Phi) is 8.32. The summed E-state index contributed by atoms with van der Waals surface area (Å²) in [7, 11) is 1.31. The number of carbonyl (C=O) groups is 3. The first-order chi connectivity index (χ1) is 10.9. The van der Waals surface area contributed by atoms with Crippen LogP contribution in [-0.4, -0.2) is 37.5 Å². The Labute approximate surface area is 140 Å². The predicted octanol–water partition coefficient (Wildman–Crippen LogP) is 1.96. The van der Waals surface area contributed by atoms with E-state index < -0.39 is 12.0 Å². The molecule has 1 heterocycles. The number of hydrogen-bond donors (Lipinski definition) is 2. The van der Waals surface area contributed by atoms with Crippen molar-refractivity contribution in [2.75, 3.05) is 13.7 Å². The maximum atomic E-state index is 11.9. The van der Waals surface area contributed by atoms with E-state index in [0.717, 1.165) is 0 Å². The standard InChI is InChI=1S/C16H24N2O4S/c1-11(2)9-13(16(21)22-3)18-14(19)5-4-7-17-15(20)12-6-8-23-10-12/h6,8,10-11,13H,4-5,7,9H2,1-3H3,(H,17,20)(H,18,19). The smallest absolute Gasteiger partial charge is 0.328 e. The predicted molar refractivity (Wildman–Crippen MR) is 89.3 cm³/mol. The van der Waals surface area contributed by atoms with Crippen molar-refractivity contribution in [3.05, 3.63) is 22.4 Å². The highest BCUT2D eigenvalue weighted by Crippen LogP contribution is 2.07. The summed E-state index contributed by atoms with van der Waals surface area (Å²) < 4.78 is 4.70. The lowest BCUT2D eigenvalue weighted by molar-refractivity contribution is -0.145. The average molecular weight is 340 g/mol. The molecule has 1 rings (SSSR count). The molecule has 1 aromatic rings. The number of nitrogens with one attached hydrogen (secondary N) is 2. The van der Waals surface area contributed by atoms with Crippen molar-refractivity contribution in [2.24, 2.45) is 5.92 Å². The van der Waals surface area contributed by atoms with E-state index in [9.17, 15) is 14.4 Å². The molecular weight excluding hydrogens is 316 g/mol. The van der Waals surface area contributed by atoms with Gasteiger partial charge < -0.3 is 15.4 Å². The van der Waals surface area contributed by atoms with Gasteiger partial charge in [-0.1, -0.05) is 13.8 Å². The molecule has 0 radical (unpaired) electrons. The number of amides is 2. The molecule has 0 aliphatic heterocycles. The van der Waals surface area contributed by atoms with E-state index in [1.807, 2.05) is 19.2 Å². The highest BCUT2D eigenvalue weighted by molar-refractivity contribution is 7.08. The third kappa shape index (κ3) is 7.27. The summed E-state index contributed by atoms with van der Waals surface area (Å²) in [6, 6.07) is 1.13. The molecule has 23 heavy (non-hydrogen) atoms. The van der Waals surface area contributed by atoms with Crippen LogP contribution in [0.3, 0.4) is 0 Å². The minimum atomic E-state index is -0.618. The van der Waals surface area contributed by atoms with Gasteiger partial charge in [-0.2, -0.15) is 11.3 Å². The molecule has 0 fully saturated rings. The van der Waals surface area contributed by atoms with Crippen molar-refractivity contribution in [2.45, 2.75) is 39.2 Å². The third-order valence-corrected chi connectivity index (χ3v) is 3.86. The van der Waals surface area contributed by atoms with E-state index in [2.05, 4.69) is 10.6 Å². The largest absolute Gasteiger partial charge is 0.467 e. The molecule has 0 aromatic carbocycles. The highest BCUT2D eigenvalue weighted by Gasteiger charge is 2.22. The summed E-state index contributed by atoms with van der Waals surface area (Å²) in [4.78, 5) is 35.3. The second-order valence-electron chi connectivity index (χ2n) is 5.64. The van der Waals surface area contributed by atoms with Gasteiger partial charge in [0, 0.05) is 23.9 Å². The van der Waals surface area contributed by atoms with Crippen LogP contribution in [0, 0.1) is 5.92 Å². The third-order valence-electron chi connectivity index (χ3n) is 3.18. The SMILES string of the molecule is COC(=O)C(CC(C)C)NC(=O)CCCNC(=O)c1ccsc1. The van der Waals surface area contributed by atoms with Gasteiger partial charge >= 0.3 is 5.97 Å². The molecule has 6 nitrogen and oxygen atoms in total. The van der Waals surface area contributed by atoms with Crippen molar-refractivity contribution in [3.63, 3.8) is 0 Å². The van der Waals surface area contributed by atoms with Crippen LogP contribution in [0.1, 0.15) is 43.5 Å². The lowest BCUT2D eigenvalue weighted by Gasteiger charge is -2.18. The maximum Gasteiger partial charge on any atom is 0.328 e. The van der Waals surface area contributed by atoms with Crippen molar-refractivity contribution in [3.8, 4) is 0 Å². The average Bonchev–Trinajstić information content (AvgIpc) is 3.03. The summed E-state index contributed by atoms with van der Waals surface area (Å²) in [5, 5.41) is 9.06. The minimum Gasteiger partial charge on any atom is -0.467 e. The minimum absolute atomic E-state index is 0.140. The van der Waals surface area contributed by atoms with Crippen LogP contribution < -0.4 is 10.6 Å². The fourth-order valence-electron chi connectivity index (χ4n) is 2.04. The highest BCUT2D eigenvalue weighted by atomic mass is 32.1.